The van der Waals surface area contributed by atoms with Crippen LogP contribution in [0, 0.1) is 17.8 Å². The van der Waals surface area contributed by atoms with Gasteiger partial charge in [0.2, 0.25) is 0 Å². The van der Waals surface area contributed by atoms with E-state index >= 15 is 0 Å². The Balaban J connectivity index is 1.78. The van der Waals surface area contributed by atoms with E-state index in [0.717, 1.165) is 38.7 Å². The van der Waals surface area contributed by atoms with Crippen molar-refractivity contribution in [1.82, 2.24) is 0 Å². The molecule has 2 N–H and O–H groups in total. The summed E-state index contributed by atoms with van der Waals surface area (Å²) in [5, 5.41) is 18.8. The second-order valence-corrected chi connectivity index (χ2v) is 7.55. The van der Waals surface area contributed by atoms with Gasteiger partial charge in [-0.1, -0.05) is 50.5 Å². The first kappa shape index (κ1) is 20.2. The molecule has 5 atom stereocenters. The molecule has 0 aromatic heterocycles. The molecule has 0 unspecified atom stereocenters. The fourth-order valence-electron chi connectivity index (χ4n) is 4.15. The van der Waals surface area contributed by atoms with Gasteiger partial charge in [0.25, 0.3) is 0 Å². The molecule has 2 rings (SSSR count). The van der Waals surface area contributed by atoms with Crippen LogP contribution >= 0.6 is 0 Å². The molecule has 25 heavy (non-hydrogen) atoms. The van der Waals surface area contributed by atoms with Crippen LogP contribution in [0.25, 0.3) is 0 Å². The average Bonchev–Trinajstić information content (AvgIpc) is 3.17. The summed E-state index contributed by atoms with van der Waals surface area (Å²) >= 11 is 0. The normalized spacial score (nSPS) is 29.8. The maximum absolute atomic E-state index is 10.5. The molecule has 4 heteroatoms. The summed E-state index contributed by atoms with van der Waals surface area (Å²) in [4.78, 5) is 10.5. The maximum atomic E-state index is 10.5. The van der Waals surface area contributed by atoms with Crippen molar-refractivity contribution in [1.29, 1.82) is 0 Å². The Bertz CT molecular complexity index is 457. The lowest BCUT2D eigenvalue weighted by Crippen LogP contribution is -2.27. The largest absolute Gasteiger partial charge is 0.481 e. The SMILES string of the molecule is CCCCC[C@H](O)/C=C/[C@H]1[C@@H](C/C=C\CCCC(=O)O)[C@@H]2CO[C@@H]1C2. The average molecular weight is 350 g/mol. The predicted octanol–water partition coefficient (Wildman–Crippen LogP) is 4.34. The standard InChI is InChI=1S/C21H34O4/c1-2-3-6-9-17(22)12-13-19-18(16-14-20(19)25-15-16)10-7-4-5-8-11-21(23)24/h4,7,12-13,16-20,22H,2-3,5-6,8-11,14-15H2,1H3,(H,23,24)/b7-4-,13-12+/t16-,17-,18-,19-,20+/m0/s1. The van der Waals surface area contributed by atoms with E-state index in [2.05, 4.69) is 25.2 Å². The van der Waals surface area contributed by atoms with E-state index in [-0.39, 0.29) is 12.5 Å². The van der Waals surface area contributed by atoms with E-state index in [4.69, 9.17) is 9.84 Å². The van der Waals surface area contributed by atoms with E-state index in [0.29, 0.717) is 30.3 Å². The van der Waals surface area contributed by atoms with Crippen molar-refractivity contribution in [2.24, 2.45) is 17.8 Å². The fraction of sp³-hybridized carbons (Fsp3) is 0.762. The number of aliphatic carboxylic acids is 1. The second kappa shape index (κ2) is 10.8. The van der Waals surface area contributed by atoms with Gasteiger partial charge < -0.3 is 14.9 Å². The number of ether oxygens (including phenoxy) is 1. The van der Waals surface area contributed by atoms with Crippen LogP contribution in [0.2, 0.25) is 0 Å². The summed E-state index contributed by atoms with van der Waals surface area (Å²) < 4.78 is 5.87. The minimum Gasteiger partial charge on any atom is -0.481 e. The highest BCUT2D eigenvalue weighted by atomic mass is 16.5. The van der Waals surface area contributed by atoms with Crippen molar-refractivity contribution in [2.75, 3.05) is 6.61 Å². The van der Waals surface area contributed by atoms with Crippen LogP contribution in [0.15, 0.2) is 24.3 Å². The van der Waals surface area contributed by atoms with Gasteiger partial charge in [-0.05, 0) is 43.9 Å². The summed E-state index contributed by atoms with van der Waals surface area (Å²) in [6, 6.07) is 0. The zero-order valence-electron chi connectivity index (χ0n) is 15.5. The van der Waals surface area contributed by atoms with Crippen molar-refractivity contribution >= 4 is 5.97 Å². The van der Waals surface area contributed by atoms with Crippen LogP contribution in [0.4, 0.5) is 0 Å². The van der Waals surface area contributed by atoms with Crippen molar-refractivity contribution in [3.63, 3.8) is 0 Å². The minimum absolute atomic E-state index is 0.244. The number of fused-ring (bicyclic) bond motifs is 2. The summed E-state index contributed by atoms with van der Waals surface area (Å²) in [7, 11) is 0. The molecule has 1 heterocycles. The summed E-state index contributed by atoms with van der Waals surface area (Å²) in [6.45, 7) is 3.04. The first-order valence-electron chi connectivity index (χ1n) is 9.96. The van der Waals surface area contributed by atoms with Gasteiger partial charge in [-0.2, -0.15) is 0 Å². The molecule has 4 nitrogen and oxygen atoms in total. The third-order valence-electron chi connectivity index (χ3n) is 5.58. The van der Waals surface area contributed by atoms with Crippen LogP contribution in [0.3, 0.4) is 0 Å². The zero-order valence-corrected chi connectivity index (χ0v) is 15.5. The third kappa shape index (κ3) is 6.59. The summed E-state index contributed by atoms with van der Waals surface area (Å²) in [5.74, 6) is 0.902. The van der Waals surface area contributed by atoms with Crippen LogP contribution in [-0.2, 0) is 9.53 Å². The first-order chi connectivity index (χ1) is 12.1. The number of carboxylic acid groups (broad SMARTS) is 1. The lowest BCUT2D eigenvalue weighted by Gasteiger charge is -2.28. The molecule has 1 aliphatic heterocycles. The van der Waals surface area contributed by atoms with Crippen LogP contribution in [-0.4, -0.2) is 35.0 Å². The highest BCUT2D eigenvalue weighted by Gasteiger charge is 2.46. The molecule has 0 radical (unpaired) electrons. The van der Waals surface area contributed by atoms with Crippen LogP contribution in [0.5, 0.6) is 0 Å². The lowest BCUT2D eigenvalue weighted by atomic mass is 9.84. The number of hydrogen-bond donors (Lipinski definition) is 2. The molecule has 1 aliphatic carbocycles. The van der Waals surface area contributed by atoms with Crippen LogP contribution in [0.1, 0.15) is 64.7 Å². The molecule has 1 saturated heterocycles. The van der Waals surface area contributed by atoms with Crippen molar-refractivity contribution in [2.45, 2.75) is 76.9 Å². The number of unbranched alkanes of at least 4 members (excludes halogenated alkanes) is 3. The number of carboxylic acids is 1. The summed E-state index contributed by atoms with van der Waals surface area (Å²) in [5.41, 5.74) is 0. The molecule has 2 bridgehead atoms. The van der Waals surface area contributed by atoms with Crippen molar-refractivity contribution < 1.29 is 19.7 Å². The number of hydrogen-bond acceptors (Lipinski definition) is 3. The lowest BCUT2D eigenvalue weighted by molar-refractivity contribution is -0.137. The Hall–Kier alpha value is -1.13. The number of rotatable bonds is 12. The first-order valence-corrected chi connectivity index (χ1v) is 9.96. The second-order valence-electron chi connectivity index (χ2n) is 7.55. The van der Waals surface area contributed by atoms with E-state index in [1.165, 1.54) is 12.8 Å². The number of carbonyl (C=O) groups is 1. The molecule has 1 saturated carbocycles. The van der Waals surface area contributed by atoms with Gasteiger partial charge in [-0.3, -0.25) is 4.79 Å². The minimum atomic E-state index is -0.721. The Kier molecular flexibility index (Phi) is 8.70. The Morgan fingerprint density at radius 3 is 2.88 bits per heavy atom. The molecule has 2 fully saturated rings. The van der Waals surface area contributed by atoms with Gasteiger partial charge in [0.15, 0.2) is 0 Å². The molecule has 142 valence electrons. The maximum Gasteiger partial charge on any atom is 0.303 e. The smallest absolute Gasteiger partial charge is 0.303 e. The highest BCUT2D eigenvalue weighted by Crippen LogP contribution is 2.47. The Morgan fingerprint density at radius 2 is 2.12 bits per heavy atom. The number of aliphatic hydroxyl groups is 1. The molecule has 0 aromatic rings. The summed E-state index contributed by atoms with van der Waals surface area (Å²) in [6.07, 6.45) is 16.7. The number of aliphatic hydroxyl groups excluding tert-OH is 1. The van der Waals surface area contributed by atoms with Gasteiger partial charge in [0.1, 0.15) is 0 Å². The van der Waals surface area contributed by atoms with Crippen LogP contribution < -0.4 is 0 Å². The van der Waals surface area contributed by atoms with Crippen molar-refractivity contribution in [3.05, 3.63) is 24.3 Å². The number of allylic oxidation sites excluding steroid dienone is 2. The van der Waals surface area contributed by atoms with Gasteiger partial charge in [0.05, 0.1) is 18.8 Å². The molecular formula is C21H34O4. The topological polar surface area (TPSA) is 66.8 Å². The van der Waals surface area contributed by atoms with E-state index < -0.39 is 5.97 Å². The van der Waals surface area contributed by atoms with Gasteiger partial charge in [-0.25, -0.2) is 0 Å². The quantitative estimate of drug-likeness (QED) is 0.406. The van der Waals surface area contributed by atoms with Gasteiger partial charge >= 0.3 is 5.97 Å². The Labute approximate surface area is 152 Å². The fourth-order valence-corrected chi connectivity index (χ4v) is 4.15. The molecule has 0 aromatic carbocycles. The molecular weight excluding hydrogens is 316 g/mol. The van der Waals surface area contributed by atoms with Crippen molar-refractivity contribution in [3.8, 4) is 0 Å². The van der Waals surface area contributed by atoms with E-state index in [1.54, 1.807) is 0 Å². The molecule has 2 aliphatic rings. The highest BCUT2D eigenvalue weighted by molar-refractivity contribution is 5.66. The van der Waals surface area contributed by atoms with E-state index in [9.17, 15) is 9.90 Å². The molecule has 0 spiro atoms. The van der Waals surface area contributed by atoms with Gasteiger partial charge in [0, 0.05) is 12.3 Å². The predicted molar refractivity (Wildman–Crippen MR) is 99.4 cm³/mol. The van der Waals surface area contributed by atoms with E-state index in [1.807, 2.05) is 6.08 Å². The Morgan fingerprint density at radius 1 is 1.28 bits per heavy atom. The zero-order chi connectivity index (χ0) is 18.1. The monoisotopic (exact) mass is 350 g/mol. The third-order valence-corrected chi connectivity index (χ3v) is 5.58. The molecule has 0 amide bonds. The van der Waals surface area contributed by atoms with Gasteiger partial charge in [-0.15, -0.1) is 0 Å².